The van der Waals surface area contributed by atoms with Crippen molar-refractivity contribution in [3.63, 3.8) is 0 Å². The molecule has 2 aromatic rings. The van der Waals surface area contributed by atoms with Crippen molar-refractivity contribution in [1.29, 1.82) is 0 Å². The maximum Gasteiger partial charge on any atom is 0.258 e. The van der Waals surface area contributed by atoms with E-state index < -0.39 is 34.6 Å². The monoisotopic (exact) mass is 280 g/mol. The van der Waals surface area contributed by atoms with Crippen molar-refractivity contribution < 1.29 is 18.0 Å². The summed E-state index contributed by atoms with van der Waals surface area (Å²) in [5.74, 6) is -3.29. The number of benzene rings is 2. The van der Waals surface area contributed by atoms with E-state index in [2.05, 4.69) is 5.32 Å². The van der Waals surface area contributed by atoms with Gasteiger partial charge in [0.05, 0.1) is 11.3 Å². The molecular formula is C14H11F3N2O. The van der Waals surface area contributed by atoms with E-state index in [1.54, 1.807) is 6.92 Å². The molecule has 0 unspecified atom stereocenters. The number of hydrogen-bond donors (Lipinski definition) is 2. The summed E-state index contributed by atoms with van der Waals surface area (Å²) in [6.07, 6.45) is 0. The molecule has 0 heterocycles. The summed E-state index contributed by atoms with van der Waals surface area (Å²) in [4.78, 5) is 11.9. The fraction of sp³-hybridized carbons (Fsp3) is 0.0714. The van der Waals surface area contributed by atoms with E-state index >= 15 is 0 Å². The molecular weight excluding hydrogens is 269 g/mol. The van der Waals surface area contributed by atoms with E-state index in [1.165, 1.54) is 12.1 Å². The van der Waals surface area contributed by atoms with Crippen LogP contribution in [0.15, 0.2) is 30.3 Å². The molecule has 0 aromatic heterocycles. The molecule has 0 fully saturated rings. The summed E-state index contributed by atoms with van der Waals surface area (Å²) in [6.45, 7) is 1.64. The quantitative estimate of drug-likeness (QED) is 0.830. The van der Waals surface area contributed by atoms with Crippen molar-refractivity contribution in [2.24, 2.45) is 0 Å². The summed E-state index contributed by atoms with van der Waals surface area (Å²) in [5, 5.41) is 2.29. The summed E-state index contributed by atoms with van der Waals surface area (Å²) in [6, 6.07) is 5.36. The Morgan fingerprint density at radius 1 is 1.05 bits per heavy atom. The number of rotatable bonds is 2. The van der Waals surface area contributed by atoms with Crippen LogP contribution in [-0.4, -0.2) is 5.91 Å². The van der Waals surface area contributed by atoms with Crippen molar-refractivity contribution >= 4 is 17.3 Å². The van der Waals surface area contributed by atoms with E-state index in [-0.39, 0.29) is 5.69 Å². The van der Waals surface area contributed by atoms with Crippen LogP contribution in [-0.2, 0) is 0 Å². The van der Waals surface area contributed by atoms with Crippen molar-refractivity contribution in [1.82, 2.24) is 0 Å². The molecule has 0 radical (unpaired) electrons. The third kappa shape index (κ3) is 2.90. The number of amides is 1. The number of halogens is 3. The van der Waals surface area contributed by atoms with E-state index in [0.717, 1.165) is 18.2 Å². The highest BCUT2D eigenvalue weighted by atomic mass is 19.1. The first kappa shape index (κ1) is 13.9. The van der Waals surface area contributed by atoms with Gasteiger partial charge in [0.1, 0.15) is 11.6 Å². The molecule has 0 spiro atoms. The van der Waals surface area contributed by atoms with Crippen molar-refractivity contribution in [3.8, 4) is 0 Å². The first-order valence-corrected chi connectivity index (χ1v) is 5.70. The minimum absolute atomic E-state index is 0.148. The average Bonchev–Trinajstić information content (AvgIpc) is 2.32. The van der Waals surface area contributed by atoms with E-state index in [4.69, 9.17) is 5.73 Å². The molecule has 0 saturated carbocycles. The van der Waals surface area contributed by atoms with Gasteiger partial charge in [0, 0.05) is 5.69 Å². The zero-order valence-corrected chi connectivity index (χ0v) is 10.5. The van der Waals surface area contributed by atoms with Gasteiger partial charge in [-0.15, -0.1) is 0 Å². The first-order chi connectivity index (χ1) is 9.36. The lowest BCUT2D eigenvalue weighted by atomic mass is 10.1. The van der Waals surface area contributed by atoms with Gasteiger partial charge < -0.3 is 11.1 Å². The number of nitrogens with two attached hydrogens (primary N) is 1. The van der Waals surface area contributed by atoms with E-state index in [1.807, 2.05) is 0 Å². The number of anilines is 2. The summed E-state index contributed by atoms with van der Waals surface area (Å²) in [7, 11) is 0. The van der Waals surface area contributed by atoms with Crippen LogP contribution in [0.1, 0.15) is 15.9 Å². The SMILES string of the molecule is Cc1cc(F)cc(NC(=O)c2cc(F)cc(N)c2F)c1. The Labute approximate surface area is 113 Å². The minimum atomic E-state index is -1.02. The fourth-order valence-corrected chi connectivity index (χ4v) is 1.78. The second kappa shape index (κ2) is 5.24. The topological polar surface area (TPSA) is 55.1 Å². The molecule has 0 aliphatic heterocycles. The third-order valence-electron chi connectivity index (χ3n) is 2.61. The van der Waals surface area contributed by atoms with Gasteiger partial charge in [-0.3, -0.25) is 4.79 Å². The van der Waals surface area contributed by atoms with E-state index in [9.17, 15) is 18.0 Å². The Morgan fingerprint density at radius 2 is 1.70 bits per heavy atom. The molecule has 0 aliphatic rings. The second-order valence-electron chi connectivity index (χ2n) is 4.33. The fourth-order valence-electron chi connectivity index (χ4n) is 1.78. The van der Waals surface area contributed by atoms with Gasteiger partial charge in [-0.25, -0.2) is 13.2 Å². The highest BCUT2D eigenvalue weighted by Gasteiger charge is 2.16. The van der Waals surface area contributed by atoms with Gasteiger partial charge in [-0.2, -0.15) is 0 Å². The molecule has 0 bridgehead atoms. The van der Waals surface area contributed by atoms with Crippen LogP contribution >= 0.6 is 0 Å². The predicted molar refractivity (Wildman–Crippen MR) is 69.9 cm³/mol. The number of carbonyl (C=O) groups is 1. The van der Waals surface area contributed by atoms with Crippen molar-refractivity contribution in [3.05, 3.63) is 58.9 Å². The maximum atomic E-state index is 13.7. The van der Waals surface area contributed by atoms with Gasteiger partial charge in [0.25, 0.3) is 5.91 Å². The molecule has 3 nitrogen and oxygen atoms in total. The highest BCUT2D eigenvalue weighted by Crippen LogP contribution is 2.20. The van der Waals surface area contributed by atoms with Crippen molar-refractivity contribution in [2.75, 3.05) is 11.1 Å². The molecule has 0 aliphatic carbocycles. The number of nitrogens with one attached hydrogen (secondary N) is 1. The zero-order chi connectivity index (χ0) is 14.9. The largest absolute Gasteiger partial charge is 0.396 e. The van der Waals surface area contributed by atoms with E-state index in [0.29, 0.717) is 5.56 Å². The highest BCUT2D eigenvalue weighted by molar-refractivity contribution is 6.05. The Morgan fingerprint density at radius 3 is 2.35 bits per heavy atom. The zero-order valence-electron chi connectivity index (χ0n) is 10.5. The Kier molecular flexibility index (Phi) is 3.65. The lowest BCUT2D eigenvalue weighted by Crippen LogP contribution is -2.15. The predicted octanol–water partition coefficient (Wildman–Crippen LogP) is 3.25. The van der Waals surface area contributed by atoms with Crippen LogP contribution in [0.4, 0.5) is 24.5 Å². The van der Waals surface area contributed by atoms with Crippen LogP contribution in [0.2, 0.25) is 0 Å². The summed E-state index contributed by atoms with van der Waals surface area (Å²) >= 11 is 0. The Bertz CT molecular complexity index is 666. The lowest BCUT2D eigenvalue weighted by Gasteiger charge is -2.08. The van der Waals surface area contributed by atoms with Crippen LogP contribution in [0.5, 0.6) is 0 Å². The molecule has 3 N–H and O–H groups in total. The van der Waals surface area contributed by atoms with Gasteiger partial charge in [-0.05, 0) is 42.8 Å². The van der Waals surface area contributed by atoms with Crippen LogP contribution in [0.25, 0.3) is 0 Å². The maximum absolute atomic E-state index is 13.7. The molecule has 20 heavy (non-hydrogen) atoms. The first-order valence-electron chi connectivity index (χ1n) is 5.70. The van der Waals surface area contributed by atoms with Crippen LogP contribution in [0, 0.1) is 24.4 Å². The van der Waals surface area contributed by atoms with Gasteiger partial charge in [0.2, 0.25) is 0 Å². The number of nitrogen functional groups attached to an aromatic ring is 1. The standard InChI is InChI=1S/C14H11F3N2O/c1-7-2-8(15)4-10(3-7)19-14(20)11-5-9(16)6-12(18)13(11)17/h2-6H,18H2,1H3,(H,19,20). The second-order valence-corrected chi connectivity index (χ2v) is 4.33. The molecule has 104 valence electrons. The van der Waals surface area contributed by atoms with Gasteiger partial charge in [-0.1, -0.05) is 0 Å². The summed E-state index contributed by atoms with van der Waals surface area (Å²) in [5.41, 5.74) is 4.97. The Hall–Kier alpha value is -2.50. The molecule has 2 rings (SSSR count). The van der Waals surface area contributed by atoms with Crippen molar-refractivity contribution in [2.45, 2.75) is 6.92 Å². The molecule has 6 heteroatoms. The van der Waals surface area contributed by atoms with Gasteiger partial charge >= 0.3 is 0 Å². The molecule has 2 aromatic carbocycles. The van der Waals surface area contributed by atoms with Crippen LogP contribution < -0.4 is 11.1 Å². The summed E-state index contributed by atoms with van der Waals surface area (Å²) < 4.78 is 40.0. The number of carbonyl (C=O) groups excluding carboxylic acids is 1. The lowest BCUT2D eigenvalue weighted by molar-refractivity contribution is 0.102. The Balaban J connectivity index is 2.33. The normalized spacial score (nSPS) is 10.4. The average molecular weight is 280 g/mol. The van der Waals surface area contributed by atoms with Crippen LogP contribution in [0.3, 0.4) is 0 Å². The third-order valence-corrected chi connectivity index (χ3v) is 2.61. The minimum Gasteiger partial charge on any atom is -0.396 e. The number of hydrogen-bond acceptors (Lipinski definition) is 2. The smallest absolute Gasteiger partial charge is 0.258 e. The van der Waals surface area contributed by atoms with Gasteiger partial charge in [0.15, 0.2) is 5.82 Å². The molecule has 0 atom stereocenters. The molecule has 1 amide bonds. The molecule has 0 saturated heterocycles. The number of aryl methyl sites for hydroxylation is 1.